The molecule has 2 rings (SSSR count). The minimum atomic E-state index is 0.0987. The van der Waals surface area contributed by atoms with Crippen LogP contribution < -0.4 is 5.32 Å². The van der Waals surface area contributed by atoms with Crippen LogP contribution in [0.4, 0.5) is 4.79 Å². The fourth-order valence-electron chi connectivity index (χ4n) is 2.00. The third-order valence-corrected chi connectivity index (χ3v) is 3.75. The van der Waals surface area contributed by atoms with E-state index in [4.69, 9.17) is 0 Å². The molecular weight excluding hydrogens is 220 g/mol. The first kappa shape index (κ1) is 11.5. The Morgan fingerprint density at radius 1 is 1.56 bits per heavy atom. The van der Waals surface area contributed by atoms with Crippen LogP contribution in [0.2, 0.25) is 0 Å². The lowest BCUT2D eigenvalue weighted by molar-refractivity contribution is 0.205. The van der Waals surface area contributed by atoms with Crippen molar-refractivity contribution in [3.05, 3.63) is 22.4 Å². The van der Waals surface area contributed by atoms with Crippen molar-refractivity contribution in [3.8, 4) is 0 Å². The van der Waals surface area contributed by atoms with Crippen LogP contribution in [0.25, 0.3) is 0 Å². The summed E-state index contributed by atoms with van der Waals surface area (Å²) in [5, 5.41) is 5.13. The molecular formula is C12H18N2OS. The van der Waals surface area contributed by atoms with Crippen LogP contribution in [0.15, 0.2) is 17.5 Å². The van der Waals surface area contributed by atoms with E-state index in [1.807, 2.05) is 4.90 Å². The second-order valence-corrected chi connectivity index (χ2v) is 5.36. The normalized spacial score (nSPS) is 17.4. The topological polar surface area (TPSA) is 32.3 Å². The van der Waals surface area contributed by atoms with Gasteiger partial charge in [-0.05, 0) is 31.2 Å². The highest BCUT2D eigenvalue weighted by Crippen LogP contribution is 2.12. The molecule has 1 aliphatic rings. The number of nitrogens with one attached hydrogen (secondary N) is 1. The van der Waals surface area contributed by atoms with Gasteiger partial charge in [0.25, 0.3) is 0 Å². The molecule has 1 aromatic rings. The summed E-state index contributed by atoms with van der Waals surface area (Å²) in [5.74, 6) is 0. The van der Waals surface area contributed by atoms with E-state index >= 15 is 0 Å². The molecule has 0 saturated carbocycles. The van der Waals surface area contributed by atoms with E-state index in [1.54, 1.807) is 11.3 Å². The standard InChI is InChI=1S/C12H18N2OS/c1-10(9-11-5-4-8-16-11)13-12(15)14-6-2-3-7-14/h4-5,8,10H,2-3,6-7,9H2,1H3,(H,13,15). The minimum absolute atomic E-state index is 0.0987. The van der Waals surface area contributed by atoms with Gasteiger partial charge in [-0.15, -0.1) is 11.3 Å². The highest BCUT2D eigenvalue weighted by Gasteiger charge is 2.19. The second kappa shape index (κ2) is 5.34. The number of carbonyl (C=O) groups excluding carboxylic acids is 1. The van der Waals surface area contributed by atoms with Crippen molar-refractivity contribution < 1.29 is 4.79 Å². The highest BCUT2D eigenvalue weighted by molar-refractivity contribution is 7.09. The summed E-state index contributed by atoms with van der Waals surface area (Å²) < 4.78 is 0. The molecule has 0 radical (unpaired) electrons. The van der Waals surface area contributed by atoms with Crippen molar-refractivity contribution in [1.82, 2.24) is 10.2 Å². The van der Waals surface area contributed by atoms with Crippen molar-refractivity contribution in [3.63, 3.8) is 0 Å². The number of amides is 2. The molecule has 1 unspecified atom stereocenters. The van der Waals surface area contributed by atoms with Gasteiger partial charge < -0.3 is 10.2 Å². The molecule has 1 saturated heterocycles. The zero-order chi connectivity index (χ0) is 11.4. The largest absolute Gasteiger partial charge is 0.335 e. The van der Waals surface area contributed by atoms with E-state index in [1.165, 1.54) is 4.88 Å². The van der Waals surface area contributed by atoms with Crippen molar-refractivity contribution in [1.29, 1.82) is 0 Å². The van der Waals surface area contributed by atoms with Crippen molar-refractivity contribution in [2.45, 2.75) is 32.2 Å². The Morgan fingerprint density at radius 2 is 2.31 bits per heavy atom. The zero-order valence-corrected chi connectivity index (χ0v) is 10.4. The number of hydrogen-bond acceptors (Lipinski definition) is 2. The van der Waals surface area contributed by atoms with Gasteiger partial charge in [-0.3, -0.25) is 0 Å². The number of carbonyl (C=O) groups is 1. The average molecular weight is 238 g/mol. The lowest BCUT2D eigenvalue weighted by atomic mass is 10.2. The molecule has 2 heterocycles. The monoisotopic (exact) mass is 238 g/mol. The predicted octanol–water partition coefficient (Wildman–Crippen LogP) is 2.48. The molecule has 4 heteroatoms. The molecule has 0 aliphatic carbocycles. The van der Waals surface area contributed by atoms with Crippen LogP contribution in [-0.2, 0) is 6.42 Å². The molecule has 1 atom stereocenters. The molecule has 1 N–H and O–H groups in total. The van der Waals surface area contributed by atoms with Gasteiger partial charge in [-0.1, -0.05) is 6.07 Å². The summed E-state index contributed by atoms with van der Waals surface area (Å²) >= 11 is 1.75. The van der Waals surface area contributed by atoms with Gasteiger partial charge in [-0.25, -0.2) is 4.79 Å². The van der Waals surface area contributed by atoms with Crippen LogP contribution in [-0.4, -0.2) is 30.1 Å². The molecule has 0 aromatic carbocycles. The average Bonchev–Trinajstić information content (AvgIpc) is 2.88. The first-order valence-corrected chi connectivity index (χ1v) is 6.71. The van der Waals surface area contributed by atoms with Crippen LogP contribution in [0.1, 0.15) is 24.6 Å². The lowest BCUT2D eigenvalue weighted by Crippen LogP contribution is -2.43. The van der Waals surface area contributed by atoms with Gasteiger partial charge in [0, 0.05) is 30.4 Å². The maximum absolute atomic E-state index is 11.8. The van der Waals surface area contributed by atoms with Gasteiger partial charge in [0.05, 0.1) is 0 Å². The summed E-state index contributed by atoms with van der Waals surface area (Å²) in [4.78, 5) is 15.0. The van der Waals surface area contributed by atoms with E-state index in [9.17, 15) is 4.79 Å². The Balaban J connectivity index is 1.78. The maximum Gasteiger partial charge on any atom is 0.317 e. The van der Waals surface area contributed by atoms with E-state index in [0.717, 1.165) is 32.4 Å². The van der Waals surface area contributed by atoms with Crippen molar-refractivity contribution in [2.24, 2.45) is 0 Å². The van der Waals surface area contributed by atoms with Crippen LogP contribution in [0, 0.1) is 0 Å². The SMILES string of the molecule is CC(Cc1cccs1)NC(=O)N1CCCC1. The van der Waals surface area contributed by atoms with Gasteiger partial charge in [0.1, 0.15) is 0 Å². The number of likely N-dealkylation sites (tertiary alicyclic amines) is 1. The number of nitrogens with zero attached hydrogens (tertiary/aromatic N) is 1. The Kier molecular flexibility index (Phi) is 3.83. The van der Waals surface area contributed by atoms with E-state index in [2.05, 4.69) is 29.8 Å². The Hall–Kier alpha value is -1.03. The van der Waals surface area contributed by atoms with Gasteiger partial charge >= 0.3 is 6.03 Å². The minimum Gasteiger partial charge on any atom is -0.335 e. The van der Waals surface area contributed by atoms with Crippen LogP contribution in [0.3, 0.4) is 0 Å². The summed E-state index contributed by atoms with van der Waals surface area (Å²) in [6.07, 6.45) is 3.22. The number of urea groups is 1. The van der Waals surface area contributed by atoms with Gasteiger partial charge in [-0.2, -0.15) is 0 Å². The Bertz CT molecular complexity index is 331. The van der Waals surface area contributed by atoms with E-state index in [-0.39, 0.29) is 12.1 Å². The fourth-order valence-corrected chi connectivity index (χ4v) is 2.84. The highest BCUT2D eigenvalue weighted by atomic mass is 32.1. The molecule has 1 aliphatic heterocycles. The van der Waals surface area contributed by atoms with Gasteiger partial charge in [0.2, 0.25) is 0 Å². The van der Waals surface area contributed by atoms with E-state index < -0.39 is 0 Å². The molecule has 88 valence electrons. The summed E-state index contributed by atoms with van der Waals surface area (Å²) in [6.45, 7) is 3.89. The van der Waals surface area contributed by atoms with Crippen molar-refractivity contribution >= 4 is 17.4 Å². The quantitative estimate of drug-likeness (QED) is 0.862. The molecule has 3 nitrogen and oxygen atoms in total. The smallest absolute Gasteiger partial charge is 0.317 e. The second-order valence-electron chi connectivity index (χ2n) is 4.33. The first-order valence-electron chi connectivity index (χ1n) is 5.83. The number of rotatable bonds is 3. The summed E-state index contributed by atoms with van der Waals surface area (Å²) in [6, 6.07) is 4.48. The van der Waals surface area contributed by atoms with E-state index in [0.29, 0.717) is 0 Å². The third-order valence-electron chi connectivity index (χ3n) is 2.85. The zero-order valence-electron chi connectivity index (χ0n) is 9.61. The molecule has 1 aromatic heterocycles. The van der Waals surface area contributed by atoms with Crippen LogP contribution >= 0.6 is 11.3 Å². The molecule has 16 heavy (non-hydrogen) atoms. The third kappa shape index (κ3) is 2.98. The lowest BCUT2D eigenvalue weighted by Gasteiger charge is -2.20. The molecule has 0 bridgehead atoms. The van der Waals surface area contributed by atoms with Crippen LogP contribution in [0.5, 0.6) is 0 Å². The van der Waals surface area contributed by atoms with Crippen molar-refractivity contribution in [2.75, 3.05) is 13.1 Å². The number of hydrogen-bond donors (Lipinski definition) is 1. The maximum atomic E-state index is 11.8. The Morgan fingerprint density at radius 3 is 2.94 bits per heavy atom. The number of thiophene rings is 1. The van der Waals surface area contributed by atoms with Gasteiger partial charge in [0.15, 0.2) is 0 Å². The first-order chi connectivity index (χ1) is 7.75. The molecule has 2 amide bonds. The summed E-state index contributed by atoms with van der Waals surface area (Å²) in [7, 11) is 0. The molecule has 1 fully saturated rings. The fraction of sp³-hybridized carbons (Fsp3) is 0.583. The predicted molar refractivity (Wildman–Crippen MR) is 66.8 cm³/mol. The Labute approximate surface area is 100 Å². The molecule has 0 spiro atoms. The summed E-state index contributed by atoms with van der Waals surface area (Å²) in [5.41, 5.74) is 0.